The van der Waals surface area contributed by atoms with Gasteiger partial charge in [0.2, 0.25) is 5.91 Å². The molecule has 0 saturated heterocycles. The molecule has 0 bridgehead atoms. The summed E-state index contributed by atoms with van der Waals surface area (Å²) in [6, 6.07) is 11.9. The van der Waals surface area contributed by atoms with Crippen molar-refractivity contribution in [2.45, 2.75) is 44.9 Å². The maximum atomic E-state index is 13.4. The smallest absolute Gasteiger partial charge is 0.264 e. The fourth-order valence-electron chi connectivity index (χ4n) is 2.92. The van der Waals surface area contributed by atoms with Crippen molar-refractivity contribution in [3.63, 3.8) is 0 Å². The topological polar surface area (TPSA) is 75.7 Å². The van der Waals surface area contributed by atoms with Crippen LogP contribution in [0.4, 0.5) is 5.69 Å². The summed E-state index contributed by atoms with van der Waals surface area (Å²) in [5.41, 5.74) is 2.17. The number of aryl methyl sites for hydroxylation is 2. The highest BCUT2D eigenvalue weighted by molar-refractivity contribution is 7.92. The molecule has 0 spiro atoms. The van der Waals surface area contributed by atoms with Crippen molar-refractivity contribution in [2.24, 2.45) is 0 Å². The molecule has 2 aromatic rings. The molecule has 1 N–H and O–H groups in total. The number of rotatable bonds is 10. The number of carbonyl (C=O) groups is 1. The molecule has 0 fully saturated rings. The zero-order valence-corrected chi connectivity index (χ0v) is 18.4. The number of methoxy groups -OCH3 is 1. The molecule has 0 aliphatic carbocycles. The van der Waals surface area contributed by atoms with Gasteiger partial charge >= 0.3 is 0 Å². The average Bonchev–Trinajstić information content (AvgIpc) is 2.69. The van der Waals surface area contributed by atoms with Crippen molar-refractivity contribution < 1.29 is 17.9 Å². The lowest BCUT2D eigenvalue weighted by atomic mass is 10.2. The molecule has 0 radical (unpaired) electrons. The monoisotopic (exact) mass is 418 g/mol. The van der Waals surface area contributed by atoms with Gasteiger partial charge < -0.3 is 10.1 Å². The first kappa shape index (κ1) is 22.7. The van der Waals surface area contributed by atoms with Gasteiger partial charge in [-0.15, -0.1) is 0 Å². The van der Waals surface area contributed by atoms with Crippen molar-refractivity contribution in [3.8, 4) is 5.75 Å². The number of sulfonamides is 1. The molecule has 0 aromatic heterocycles. The summed E-state index contributed by atoms with van der Waals surface area (Å²) in [6.07, 6.45) is 2.92. The second-order valence-electron chi connectivity index (χ2n) is 7.06. The van der Waals surface area contributed by atoms with Crippen LogP contribution in [0.15, 0.2) is 47.4 Å². The Morgan fingerprint density at radius 3 is 2.31 bits per heavy atom. The third-order valence-electron chi connectivity index (χ3n) is 4.60. The van der Waals surface area contributed by atoms with Gasteiger partial charge in [0.05, 0.1) is 17.7 Å². The van der Waals surface area contributed by atoms with E-state index in [1.54, 1.807) is 36.4 Å². The van der Waals surface area contributed by atoms with Crippen LogP contribution in [-0.4, -0.2) is 34.5 Å². The molecular formula is C22H30N2O4S. The maximum Gasteiger partial charge on any atom is 0.264 e. The van der Waals surface area contributed by atoms with Crippen molar-refractivity contribution in [1.29, 1.82) is 0 Å². The number of nitrogens with zero attached hydrogens (tertiary/aromatic N) is 1. The van der Waals surface area contributed by atoms with E-state index in [1.165, 1.54) is 7.11 Å². The van der Waals surface area contributed by atoms with Gasteiger partial charge in [0.15, 0.2) is 0 Å². The molecule has 0 atom stereocenters. The number of ether oxygens (including phenoxy) is 1. The van der Waals surface area contributed by atoms with E-state index in [2.05, 4.69) is 12.2 Å². The number of unbranched alkanes of at least 4 members (excludes halogenated alkanes) is 2. The first-order valence-corrected chi connectivity index (χ1v) is 11.2. The van der Waals surface area contributed by atoms with E-state index < -0.39 is 10.0 Å². The van der Waals surface area contributed by atoms with E-state index in [0.29, 0.717) is 18.0 Å². The van der Waals surface area contributed by atoms with Crippen molar-refractivity contribution >= 4 is 21.6 Å². The number of hydrogen-bond acceptors (Lipinski definition) is 4. The van der Waals surface area contributed by atoms with Crippen molar-refractivity contribution in [2.75, 3.05) is 24.5 Å². The Labute approximate surface area is 173 Å². The van der Waals surface area contributed by atoms with E-state index in [-0.39, 0.29) is 17.3 Å². The van der Waals surface area contributed by atoms with E-state index in [0.717, 1.165) is 34.7 Å². The lowest BCUT2D eigenvalue weighted by Gasteiger charge is -2.26. The maximum absolute atomic E-state index is 13.4. The number of carbonyl (C=O) groups excluding carboxylic acids is 1. The Bertz CT molecular complexity index is 924. The first-order valence-electron chi connectivity index (χ1n) is 9.80. The van der Waals surface area contributed by atoms with Gasteiger partial charge in [-0.1, -0.05) is 43.5 Å². The largest absolute Gasteiger partial charge is 0.495 e. The Morgan fingerprint density at radius 2 is 1.69 bits per heavy atom. The molecule has 2 rings (SSSR count). The standard InChI is InChI=1S/C22H30N2O4S/c1-5-6-7-14-23-22(25)16-24(20-15-18(3)10-13-21(20)28-4)29(26,27)19-11-8-17(2)9-12-19/h8-13,15H,5-7,14,16H2,1-4H3,(H,23,25). The highest BCUT2D eigenvalue weighted by Crippen LogP contribution is 2.33. The Balaban J connectivity index is 2.42. The second-order valence-corrected chi connectivity index (χ2v) is 8.92. The number of hydrogen-bond donors (Lipinski definition) is 1. The van der Waals surface area contributed by atoms with Gasteiger partial charge in [-0.2, -0.15) is 0 Å². The SMILES string of the molecule is CCCCCNC(=O)CN(c1cc(C)ccc1OC)S(=O)(=O)c1ccc(C)cc1. The van der Waals surface area contributed by atoms with E-state index >= 15 is 0 Å². The minimum atomic E-state index is -3.96. The zero-order valence-electron chi connectivity index (χ0n) is 17.6. The molecule has 7 heteroatoms. The normalized spacial score (nSPS) is 11.2. The Hall–Kier alpha value is -2.54. The van der Waals surface area contributed by atoms with Crippen LogP contribution in [-0.2, 0) is 14.8 Å². The van der Waals surface area contributed by atoms with Gasteiger partial charge in [0.25, 0.3) is 10.0 Å². The summed E-state index contributed by atoms with van der Waals surface area (Å²) in [7, 11) is -2.48. The van der Waals surface area contributed by atoms with Crippen LogP contribution in [0.25, 0.3) is 0 Å². The summed E-state index contributed by atoms with van der Waals surface area (Å²) in [6.45, 7) is 6.05. The summed E-state index contributed by atoms with van der Waals surface area (Å²) in [5.74, 6) is 0.0467. The molecule has 2 aromatic carbocycles. The lowest BCUT2D eigenvalue weighted by Crippen LogP contribution is -2.41. The summed E-state index contributed by atoms with van der Waals surface area (Å²) in [5, 5.41) is 2.82. The van der Waals surface area contributed by atoms with Gasteiger partial charge in [-0.05, 0) is 50.1 Å². The van der Waals surface area contributed by atoms with Crippen LogP contribution in [0.1, 0.15) is 37.3 Å². The zero-order chi connectivity index (χ0) is 21.4. The van der Waals surface area contributed by atoms with Gasteiger partial charge in [0, 0.05) is 6.54 Å². The third kappa shape index (κ3) is 5.97. The van der Waals surface area contributed by atoms with Gasteiger partial charge in [-0.25, -0.2) is 8.42 Å². The van der Waals surface area contributed by atoms with E-state index in [4.69, 9.17) is 4.74 Å². The van der Waals surface area contributed by atoms with Crippen molar-refractivity contribution in [1.82, 2.24) is 5.32 Å². The third-order valence-corrected chi connectivity index (χ3v) is 6.38. The Morgan fingerprint density at radius 1 is 1.03 bits per heavy atom. The van der Waals surface area contributed by atoms with Gasteiger partial charge in [0.1, 0.15) is 12.3 Å². The fraction of sp³-hybridized carbons (Fsp3) is 0.409. The molecule has 1 amide bonds. The van der Waals surface area contributed by atoms with Crippen LogP contribution < -0.4 is 14.4 Å². The molecule has 0 heterocycles. The summed E-state index contributed by atoms with van der Waals surface area (Å²) in [4.78, 5) is 12.7. The predicted molar refractivity (Wildman–Crippen MR) is 116 cm³/mol. The number of anilines is 1. The molecule has 6 nitrogen and oxygen atoms in total. The molecule has 0 aliphatic heterocycles. The molecule has 29 heavy (non-hydrogen) atoms. The van der Waals surface area contributed by atoms with Crippen LogP contribution >= 0.6 is 0 Å². The predicted octanol–water partition coefficient (Wildman–Crippen LogP) is 3.81. The second kappa shape index (κ2) is 10.3. The highest BCUT2D eigenvalue weighted by atomic mass is 32.2. The van der Waals surface area contributed by atoms with Gasteiger partial charge in [-0.3, -0.25) is 9.10 Å². The van der Waals surface area contributed by atoms with Crippen LogP contribution in [0.5, 0.6) is 5.75 Å². The van der Waals surface area contributed by atoms with E-state index in [1.807, 2.05) is 19.9 Å². The molecule has 0 saturated carbocycles. The number of amides is 1. The molecule has 158 valence electrons. The summed E-state index contributed by atoms with van der Waals surface area (Å²) >= 11 is 0. The van der Waals surface area contributed by atoms with Crippen LogP contribution in [0, 0.1) is 13.8 Å². The average molecular weight is 419 g/mol. The molecule has 0 unspecified atom stereocenters. The van der Waals surface area contributed by atoms with Crippen LogP contribution in [0.3, 0.4) is 0 Å². The van der Waals surface area contributed by atoms with Crippen LogP contribution in [0.2, 0.25) is 0 Å². The highest BCUT2D eigenvalue weighted by Gasteiger charge is 2.29. The summed E-state index contributed by atoms with van der Waals surface area (Å²) < 4.78 is 33.4. The minimum Gasteiger partial charge on any atom is -0.495 e. The lowest BCUT2D eigenvalue weighted by molar-refractivity contribution is -0.119. The fourth-order valence-corrected chi connectivity index (χ4v) is 4.34. The quantitative estimate of drug-likeness (QED) is 0.595. The number of nitrogens with one attached hydrogen (secondary N) is 1. The minimum absolute atomic E-state index is 0.130. The van der Waals surface area contributed by atoms with Crippen molar-refractivity contribution in [3.05, 3.63) is 53.6 Å². The Kier molecular flexibility index (Phi) is 8.08. The molecule has 0 aliphatic rings. The molecular weight excluding hydrogens is 388 g/mol. The first-order chi connectivity index (χ1) is 13.8. The number of benzene rings is 2. The van der Waals surface area contributed by atoms with E-state index in [9.17, 15) is 13.2 Å².